The lowest BCUT2D eigenvalue weighted by Gasteiger charge is -2.33. The number of nitrogens with one attached hydrogen (secondary N) is 1. The SMILES string of the molecule is CCN(c1cc(C2=CC/C(=C\N3CCOCC3)C=C2)cc(C(=O)NCC2C(=O)N=C(C)C=C2C)c1C)C1CCCC1. The van der Waals surface area contributed by atoms with Crippen LogP contribution in [0.2, 0.25) is 0 Å². The zero-order chi connectivity index (χ0) is 28.9. The fourth-order valence-electron chi connectivity index (χ4n) is 6.50. The Bertz CT molecular complexity index is 1320. The Morgan fingerprint density at radius 2 is 1.90 bits per heavy atom. The smallest absolute Gasteiger partial charge is 0.254 e. The number of rotatable bonds is 8. The van der Waals surface area contributed by atoms with Gasteiger partial charge in [0.05, 0.1) is 19.1 Å². The van der Waals surface area contributed by atoms with Gasteiger partial charge in [-0.25, -0.2) is 4.99 Å². The highest BCUT2D eigenvalue weighted by atomic mass is 16.5. The fraction of sp³-hybridized carbons (Fsp3) is 0.500. The molecule has 0 radical (unpaired) electrons. The molecule has 218 valence electrons. The topological polar surface area (TPSA) is 74.2 Å². The van der Waals surface area contributed by atoms with E-state index in [1.165, 1.54) is 31.3 Å². The summed E-state index contributed by atoms with van der Waals surface area (Å²) in [5.74, 6) is -0.754. The summed E-state index contributed by atoms with van der Waals surface area (Å²) in [5.41, 5.74) is 7.91. The van der Waals surface area contributed by atoms with Gasteiger partial charge >= 0.3 is 0 Å². The average molecular weight is 557 g/mol. The van der Waals surface area contributed by atoms with E-state index in [0.29, 0.717) is 17.3 Å². The van der Waals surface area contributed by atoms with Crippen LogP contribution in [0.3, 0.4) is 0 Å². The minimum Gasteiger partial charge on any atom is -0.378 e. The minimum absolute atomic E-state index is 0.145. The molecule has 1 N–H and O–H groups in total. The monoisotopic (exact) mass is 556 g/mol. The lowest BCUT2D eigenvalue weighted by Crippen LogP contribution is -2.36. The Kier molecular flexibility index (Phi) is 9.23. The van der Waals surface area contributed by atoms with Crippen molar-refractivity contribution in [3.05, 3.63) is 70.5 Å². The van der Waals surface area contributed by atoms with Crippen LogP contribution in [0.15, 0.2) is 58.8 Å². The molecule has 2 amide bonds. The number of amides is 2. The molecule has 2 aliphatic heterocycles. The molecule has 1 saturated carbocycles. The maximum absolute atomic E-state index is 13.7. The number of carbonyl (C=O) groups excluding carboxylic acids is 2. The second kappa shape index (κ2) is 13.0. The molecule has 7 nitrogen and oxygen atoms in total. The van der Waals surface area contributed by atoms with Gasteiger partial charge in [0.2, 0.25) is 0 Å². The van der Waals surface area contributed by atoms with Crippen LogP contribution in [0.1, 0.15) is 74.4 Å². The van der Waals surface area contributed by atoms with Crippen molar-refractivity contribution >= 4 is 28.8 Å². The van der Waals surface area contributed by atoms with Gasteiger partial charge in [-0.1, -0.05) is 36.6 Å². The van der Waals surface area contributed by atoms with E-state index in [2.05, 4.69) is 64.5 Å². The van der Waals surface area contributed by atoms with Gasteiger partial charge in [-0.3, -0.25) is 9.59 Å². The number of hydrogen-bond acceptors (Lipinski definition) is 5. The van der Waals surface area contributed by atoms with Crippen LogP contribution in [0.25, 0.3) is 5.57 Å². The highest BCUT2D eigenvalue weighted by molar-refractivity contribution is 6.06. The van der Waals surface area contributed by atoms with E-state index in [-0.39, 0.29) is 18.4 Å². The number of benzene rings is 1. The lowest BCUT2D eigenvalue weighted by atomic mass is 9.92. The summed E-state index contributed by atoms with van der Waals surface area (Å²) >= 11 is 0. The molecule has 4 aliphatic rings. The van der Waals surface area contributed by atoms with Crippen LogP contribution in [0.5, 0.6) is 0 Å². The quantitative estimate of drug-likeness (QED) is 0.450. The number of dihydropyridines is 1. The molecule has 1 atom stereocenters. The van der Waals surface area contributed by atoms with E-state index < -0.39 is 5.92 Å². The zero-order valence-corrected chi connectivity index (χ0v) is 25.0. The number of nitrogens with zero attached hydrogens (tertiary/aromatic N) is 3. The Morgan fingerprint density at radius 3 is 2.56 bits per heavy atom. The maximum Gasteiger partial charge on any atom is 0.254 e. The summed E-state index contributed by atoms with van der Waals surface area (Å²) in [7, 11) is 0. The van der Waals surface area contributed by atoms with Crippen molar-refractivity contribution in [2.24, 2.45) is 10.9 Å². The third-order valence-electron chi connectivity index (χ3n) is 8.84. The van der Waals surface area contributed by atoms with Crippen LogP contribution in [0, 0.1) is 12.8 Å². The van der Waals surface area contributed by atoms with Gasteiger partial charge in [0, 0.05) is 55.4 Å². The summed E-state index contributed by atoms with van der Waals surface area (Å²) < 4.78 is 5.48. The number of allylic oxidation sites excluding steroid dienone is 6. The molecule has 5 rings (SSSR count). The molecule has 2 fully saturated rings. The van der Waals surface area contributed by atoms with Gasteiger partial charge in [-0.05, 0) is 87.4 Å². The van der Waals surface area contributed by atoms with Crippen molar-refractivity contribution < 1.29 is 14.3 Å². The van der Waals surface area contributed by atoms with E-state index >= 15 is 0 Å². The summed E-state index contributed by atoms with van der Waals surface area (Å²) in [4.78, 5) is 35.2. The zero-order valence-electron chi connectivity index (χ0n) is 25.0. The number of hydrogen-bond donors (Lipinski definition) is 1. The molecule has 1 aromatic carbocycles. The highest BCUT2D eigenvalue weighted by Crippen LogP contribution is 2.35. The van der Waals surface area contributed by atoms with E-state index in [1.54, 1.807) is 0 Å². The van der Waals surface area contributed by atoms with E-state index in [4.69, 9.17) is 4.74 Å². The first-order chi connectivity index (χ1) is 19.8. The van der Waals surface area contributed by atoms with Crippen molar-refractivity contribution in [1.82, 2.24) is 10.2 Å². The largest absolute Gasteiger partial charge is 0.378 e. The number of ether oxygens (including phenoxy) is 1. The Labute approximate surface area is 244 Å². The number of aliphatic imine (C=N–C) groups is 1. The maximum atomic E-state index is 13.7. The summed E-state index contributed by atoms with van der Waals surface area (Å²) in [6, 6.07) is 4.80. The number of anilines is 1. The van der Waals surface area contributed by atoms with E-state index in [0.717, 1.165) is 67.2 Å². The second-order valence-corrected chi connectivity index (χ2v) is 11.7. The molecule has 0 spiro atoms. The third-order valence-corrected chi connectivity index (χ3v) is 8.84. The molecule has 2 aliphatic carbocycles. The van der Waals surface area contributed by atoms with E-state index in [9.17, 15) is 9.59 Å². The predicted molar refractivity (Wildman–Crippen MR) is 166 cm³/mol. The van der Waals surface area contributed by atoms with E-state index in [1.807, 2.05) is 26.0 Å². The van der Waals surface area contributed by atoms with Crippen LogP contribution in [-0.2, 0) is 9.53 Å². The fourth-order valence-corrected chi connectivity index (χ4v) is 6.50. The molecule has 0 aromatic heterocycles. The normalized spacial score (nSPS) is 22.5. The lowest BCUT2D eigenvalue weighted by molar-refractivity contribution is -0.120. The van der Waals surface area contributed by atoms with Crippen molar-refractivity contribution in [1.29, 1.82) is 0 Å². The third kappa shape index (κ3) is 6.72. The van der Waals surface area contributed by atoms with Crippen LogP contribution >= 0.6 is 0 Å². The second-order valence-electron chi connectivity index (χ2n) is 11.7. The van der Waals surface area contributed by atoms with Crippen molar-refractivity contribution in [3.63, 3.8) is 0 Å². The minimum atomic E-state index is -0.420. The average Bonchev–Trinajstić information content (AvgIpc) is 3.49. The molecule has 7 heteroatoms. The molecule has 2 heterocycles. The molecule has 0 bridgehead atoms. The highest BCUT2D eigenvalue weighted by Gasteiger charge is 2.27. The van der Waals surface area contributed by atoms with Crippen molar-refractivity contribution in [2.75, 3.05) is 44.3 Å². The summed E-state index contributed by atoms with van der Waals surface area (Å²) in [6.07, 6.45) is 16.5. The van der Waals surface area contributed by atoms with Crippen LogP contribution < -0.4 is 10.2 Å². The van der Waals surface area contributed by atoms with Gasteiger partial charge in [0.25, 0.3) is 11.8 Å². The number of morpholine rings is 1. The Morgan fingerprint density at radius 1 is 1.15 bits per heavy atom. The summed E-state index contributed by atoms with van der Waals surface area (Å²) in [6.45, 7) is 12.6. The number of carbonyl (C=O) groups is 2. The van der Waals surface area contributed by atoms with Gasteiger partial charge in [0.1, 0.15) is 0 Å². The first kappa shape index (κ1) is 29.1. The van der Waals surface area contributed by atoms with Gasteiger partial charge in [0.15, 0.2) is 0 Å². The molecule has 1 saturated heterocycles. The standard InChI is InChI=1S/C34H44N4O3/c1-5-38(29-8-6-7-9-29)32-20-28(27-12-10-26(11-13-27)22-37-14-16-41-17-15-37)19-30(25(32)4)33(39)35-21-31-23(2)18-24(3)36-34(31)40/h10,12-13,18-20,22,29,31H,5-9,11,14-17,21H2,1-4H3,(H,35,39)/b26-22-. The van der Waals surface area contributed by atoms with Crippen molar-refractivity contribution in [2.45, 2.75) is 65.8 Å². The molecule has 1 aromatic rings. The first-order valence-electron chi connectivity index (χ1n) is 15.2. The van der Waals surface area contributed by atoms with Gasteiger partial charge in [-0.15, -0.1) is 0 Å². The molecule has 1 unspecified atom stereocenters. The summed E-state index contributed by atoms with van der Waals surface area (Å²) in [5, 5.41) is 3.07. The van der Waals surface area contributed by atoms with Crippen LogP contribution in [-0.4, -0.2) is 67.9 Å². The van der Waals surface area contributed by atoms with Crippen molar-refractivity contribution in [3.8, 4) is 0 Å². The molecule has 41 heavy (non-hydrogen) atoms. The Hall–Kier alpha value is -3.45. The first-order valence-corrected chi connectivity index (χ1v) is 15.2. The van der Waals surface area contributed by atoms with Gasteiger partial charge in [-0.2, -0.15) is 0 Å². The predicted octanol–water partition coefficient (Wildman–Crippen LogP) is 5.62. The van der Waals surface area contributed by atoms with Crippen LogP contribution in [0.4, 0.5) is 5.69 Å². The van der Waals surface area contributed by atoms with Gasteiger partial charge < -0.3 is 19.9 Å². The molecular formula is C34H44N4O3. The molecular weight excluding hydrogens is 512 g/mol. The Balaban J connectivity index is 1.42.